The lowest BCUT2D eigenvalue weighted by atomic mass is 9.92. The Bertz CT molecular complexity index is 1530. The van der Waals surface area contributed by atoms with Crippen molar-refractivity contribution >= 4 is 28.6 Å². The first-order valence-electron chi connectivity index (χ1n) is 11.9. The van der Waals surface area contributed by atoms with Crippen LogP contribution in [0.25, 0.3) is 27.6 Å². The molecule has 36 heavy (non-hydrogen) atoms. The second kappa shape index (κ2) is 9.02. The van der Waals surface area contributed by atoms with Crippen molar-refractivity contribution in [3.05, 3.63) is 100 Å². The predicted molar refractivity (Wildman–Crippen MR) is 140 cm³/mol. The van der Waals surface area contributed by atoms with Gasteiger partial charge in [-0.15, -0.1) is 0 Å². The molecule has 0 atom stereocenters. The van der Waals surface area contributed by atoms with Crippen LogP contribution in [0, 0.1) is 12.4 Å². The predicted octanol–water partition coefficient (Wildman–Crippen LogP) is 4.79. The maximum Gasteiger partial charge on any atom is 0.293 e. The Morgan fingerprint density at radius 2 is 1.86 bits per heavy atom. The first-order chi connectivity index (χ1) is 17.6. The summed E-state index contributed by atoms with van der Waals surface area (Å²) in [6.45, 7) is 11.3. The van der Waals surface area contributed by atoms with Crippen molar-refractivity contribution in [3.8, 4) is 5.75 Å². The molecule has 2 aliphatic rings. The Morgan fingerprint density at radius 3 is 2.69 bits per heavy atom. The molecule has 3 heterocycles. The number of ether oxygens (including phenoxy) is 1. The number of nitrogens with zero attached hydrogens (tertiary/aromatic N) is 5. The molecule has 8 heteroatoms. The lowest BCUT2D eigenvalue weighted by Crippen LogP contribution is -2.49. The number of nitrogens with one attached hydrogen (secondary N) is 1. The second-order valence-electron chi connectivity index (χ2n) is 9.12. The van der Waals surface area contributed by atoms with Gasteiger partial charge in [0.15, 0.2) is 0 Å². The number of aromatic nitrogens is 2. The summed E-state index contributed by atoms with van der Waals surface area (Å²) in [5.74, 6) is 0.722. The maximum atomic E-state index is 14.0. The largest absolute Gasteiger partial charge is 0.488 e. The van der Waals surface area contributed by atoms with E-state index in [0.29, 0.717) is 18.3 Å². The van der Waals surface area contributed by atoms with Crippen molar-refractivity contribution in [2.45, 2.75) is 6.61 Å². The van der Waals surface area contributed by atoms with E-state index in [9.17, 15) is 4.39 Å². The van der Waals surface area contributed by atoms with E-state index in [-0.39, 0.29) is 5.82 Å². The molecule has 6 rings (SSSR count). The molecule has 1 fully saturated rings. The van der Waals surface area contributed by atoms with Gasteiger partial charge in [-0.2, -0.15) is 11.5 Å². The van der Waals surface area contributed by atoms with Gasteiger partial charge in [0.05, 0.1) is 11.0 Å². The Balaban J connectivity index is 1.47. The highest BCUT2D eigenvalue weighted by molar-refractivity contribution is 5.96. The third-order valence-electron chi connectivity index (χ3n) is 6.81. The fourth-order valence-corrected chi connectivity index (χ4v) is 4.95. The smallest absolute Gasteiger partial charge is 0.293 e. The van der Waals surface area contributed by atoms with E-state index >= 15 is 0 Å². The molecule has 1 aromatic heterocycles. The number of hydrogen-bond acceptors (Lipinski definition) is 5. The standard InChI is InChI=1S/C28H25FN6O/c1-30-32-28-31-25-16-19(7-10-26(25)35(28)34-13-11-33(2)12-14-34)15-24-22-6-4-3-5-20(22)18-36-27-17-21(29)8-9-23(24)27/h3-10,15-17H,11-14,18H2,2H3,(H,31,32). The number of anilines is 1. The summed E-state index contributed by atoms with van der Waals surface area (Å²) in [6.07, 6.45) is 2.10. The SMILES string of the molecule is [C-]#[N+]Nc1nc2cc(C=C3c4ccccc4COc4cc(F)ccc43)ccc2n1N1CCN(C)CC1. The van der Waals surface area contributed by atoms with Gasteiger partial charge in [0.25, 0.3) is 5.95 Å². The first kappa shape index (κ1) is 22.1. The van der Waals surface area contributed by atoms with Gasteiger partial charge >= 0.3 is 0 Å². The molecule has 1 N–H and O–H groups in total. The van der Waals surface area contributed by atoms with Gasteiger partial charge in [-0.05, 0) is 59.7 Å². The van der Waals surface area contributed by atoms with Crippen LogP contribution >= 0.6 is 0 Å². The molecule has 180 valence electrons. The van der Waals surface area contributed by atoms with Crippen molar-refractivity contribution in [1.29, 1.82) is 0 Å². The normalized spacial score (nSPS) is 16.7. The summed E-state index contributed by atoms with van der Waals surface area (Å²) in [5, 5.41) is 2.23. The van der Waals surface area contributed by atoms with E-state index in [0.717, 1.165) is 65.0 Å². The quantitative estimate of drug-likeness (QED) is 0.338. The zero-order valence-electron chi connectivity index (χ0n) is 19.9. The van der Waals surface area contributed by atoms with Crippen LogP contribution in [0.3, 0.4) is 0 Å². The molecule has 0 saturated carbocycles. The van der Waals surface area contributed by atoms with Crippen LogP contribution in [0.5, 0.6) is 5.75 Å². The summed E-state index contributed by atoms with van der Waals surface area (Å²) in [5.41, 5.74) is 9.36. The van der Waals surface area contributed by atoms with Crippen molar-refractivity contribution in [1.82, 2.24) is 14.6 Å². The zero-order valence-corrected chi connectivity index (χ0v) is 19.9. The van der Waals surface area contributed by atoms with Gasteiger partial charge in [0.2, 0.25) is 0 Å². The molecule has 4 aromatic rings. The van der Waals surface area contributed by atoms with Gasteiger partial charge in [-0.25, -0.2) is 14.1 Å². The minimum absolute atomic E-state index is 0.324. The molecule has 0 bridgehead atoms. The highest BCUT2D eigenvalue weighted by atomic mass is 19.1. The number of hydrogen-bond donors (Lipinski definition) is 1. The average Bonchev–Trinajstić information content (AvgIpc) is 3.16. The van der Waals surface area contributed by atoms with E-state index in [1.165, 1.54) is 12.1 Å². The summed E-state index contributed by atoms with van der Waals surface area (Å²) >= 11 is 0. The molecule has 0 radical (unpaired) electrons. The van der Waals surface area contributed by atoms with Crippen LogP contribution in [0.2, 0.25) is 0 Å². The lowest BCUT2D eigenvalue weighted by molar-refractivity contribution is 0.290. The molecular formula is C28H25FN6O. The Labute approximate surface area is 208 Å². The van der Waals surface area contributed by atoms with Crippen molar-refractivity contribution < 1.29 is 9.13 Å². The van der Waals surface area contributed by atoms with Gasteiger partial charge in [0.1, 0.15) is 18.2 Å². The van der Waals surface area contributed by atoms with Crippen molar-refractivity contribution in [2.75, 3.05) is 43.7 Å². The van der Waals surface area contributed by atoms with E-state index in [1.54, 1.807) is 6.07 Å². The zero-order chi connectivity index (χ0) is 24.6. The third-order valence-corrected chi connectivity index (χ3v) is 6.81. The fraction of sp³-hybridized carbons (Fsp3) is 0.214. The second-order valence-corrected chi connectivity index (χ2v) is 9.12. The molecule has 2 aliphatic heterocycles. The van der Waals surface area contributed by atoms with Crippen LogP contribution in [-0.4, -0.2) is 47.8 Å². The van der Waals surface area contributed by atoms with E-state index in [2.05, 4.69) is 45.5 Å². The number of benzene rings is 3. The topological polar surface area (TPSA) is 49.9 Å². The molecule has 0 amide bonds. The number of piperazine rings is 1. The van der Waals surface area contributed by atoms with E-state index < -0.39 is 0 Å². The molecule has 0 unspecified atom stereocenters. The summed E-state index contributed by atoms with van der Waals surface area (Å²) in [6, 6.07) is 18.9. The lowest BCUT2D eigenvalue weighted by Gasteiger charge is -2.34. The Morgan fingerprint density at radius 1 is 1.03 bits per heavy atom. The molecule has 7 nitrogen and oxygen atoms in total. The molecule has 3 aromatic carbocycles. The van der Waals surface area contributed by atoms with Gasteiger partial charge < -0.3 is 14.6 Å². The number of rotatable bonds is 3. The summed E-state index contributed by atoms with van der Waals surface area (Å²) in [7, 11) is 2.12. The van der Waals surface area contributed by atoms with Gasteiger partial charge in [-0.3, -0.25) is 0 Å². The number of imidazole rings is 1. The van der Waals surface area contributed by atoms with Crippen LogP contribution in [0.1, 0.15) is 22.3 Å². The third kappa shape index (κ3) is 3.93. The van der Waals surface area contributed by atoms with E-state index in [4.69, 9.17) is 16.3 Å². The number of likely N-dealkylation sites (N-methyl/N-ethyl adjacent to an activating group) is 1. The summed E-state index contributed by atoms with van der Waals surface area (Å²) in [4.78, 5) is 10.4. The van der Waals surface area contributed by atoms with Gasteiger partial charge in [-0.1, -0.05) is 35.8 Å². The van der Waals surface area contributed by atoms with Gasteiger partial charge in [0, 0.05) is 37.8 Å². The average molecular weight is 481 g/mol. The van der Waals surface area contributed by atoms with Crippen LogP contribution < -0.4 is 15.2 Å². The number of fused-ring (bicyclic) bond motifs is 3. The molecule has 0 spiro atoms. The van der Waals surface area contributed by atoms with Crippen molar-refractivity contribution in [3.63, 3.8) is 0 Å². The van der Waals surface area contributed by atoms with Crippen molar-refractivity contribution in [2.24, 2.45) is 0 Å². The minimum atomic E-state index is -0.324. The molecule has 0 aliphatic carbocycles. The van der Waals surface area contributed by atoms with E-state index in [1.807, 2.05) is 35.0 Å². The Kier molecular flexibility index (Phi) is 5.55. The number of halogens is 1. The minimum Gasteiger partial charge on any atom is -0.488 e. The molecular weight excluding hydrogens is 455 g/mol. The Hall–Kier alpha value is -4.35. The fourth-order valence-electron chi connectivity index (χ4n) is 4.95. The van der Waals surface area contributed by atoms with Crippen LogP contribution in [-0.2, 0) is 6.61 Å². The highest BCUT2D eigenvalue weighted by Crippen LogP contribution is 2.38. The van der Waals surface area contributed by atoms with Crippen LogP contribution in [0.15, 0.2) is 60.7 Å². The maximum absolute atomic E-state index is 14.0. The summed E-state index contributed by atoms with van der Waals surface area (Å²) < 4.78 is 22.0. The highest BCUT2D eigenvalue weighted by Gasteiger charge is 2.23. The monoisotopic (exact) mass is 480 g/mol. The first-order valence-corrected chi connectivity index (χ1v) is 11.9. The molecule has 1 saturated heterocycles. The van der Waals surface area contributed by atoms with Crippen LogP contribution in [0.4, 0.5) is 10.3 Å².